The van der Waals surface area contributed by atoms with Gasteiger partial charge in [0.1, 0.15) is 17.1 Å². The highest BCUT2D eigenvalue weighted by Crippen LogP contribution is 2.39. The molecular formula is C30H35ClN6O3. The molecule has 1 aliphatic heterocycles. The van der Waals surface area contributed by atoms with Crippen LogP contribution in [-0.2, 0) is 14.1 Å². The van der Waals surface area contributed by atoms with E-state index in [9.17, 15) is 14.7 Å². The zero-order valence-corrected chi connectivity index (χ0v) is 24.5. The third-order valence-electron chi connectivity index (χ3n) is 7.59. The van der Waals surface area contributed by atoms with Gasteiger partial charge in [-0.2, -0.15) is 0 Å². The Kier molecular flexibility index (Phi) is 7.14. The zero-order chi connectivity index (χ0) is 28.9. The van der Waals surface area contributed by atoms with Crippen molar-refractivity contribution >= 4 is 17.3 Å². The predicted molar refractivity (Wildman–Crippen MR) is 160 cm³/mol. The van der Waals surface area contributed by atoms with Crippen LogP contribution >= 0.6 is 11.6 Å². The lowest BCUT2D eigenvalue weighted by Crippen LogP contribution is -2.54. The molecule has 0 unspecified atom stereocenters. The number of halogens is 1. The molecule has 0 amide bonds. The first-order valence-corrected chi connectivity index (χ1v) is 13.7. The number of rotatable bonds is 4. The summed E-state index contributed by atoms with van der Waals surface area (Å²) in [6, 6.07) is 8.94. The van der Waals surface area contributed by atoms with E-state index in [1.807, 2.05) is 19.1 Å². The summed E-state index contributed by atoms with van der Waals surface area (Å²) < 4.78 is 4.50. The van der Waals surface area contributed by atoms with Gasteiger partial charge in [0, 0.05) is 81.2 Å². The van der Waals surface area contributed by atoms with Crippen molar-refractivity contribution in [3.8, 4) is 33.8 Å². The van der Waals surface area contributed by atoms with E-state index < -0.39 is 0 Å². The highest BCUT2D eigenvalue weighted by atomic mass is 35.5. The highest BCUT2D eigenvalue weighted by Gasteiger charge is 2.27. The van der Waals surface area contributed by atoms with Crippen LogP contribution in [0.1, 0.15) is 26.5 Å². The Bertz CT molecular complexity index is 1700. The fraction of sp³-hybridized carbons (Fsp3) is 0.367. The number of nitrogens with zero attached hydrogens (tertiary/aromatic N) is 6. The maximum atomic E-state index is 13.2. The van der Waals surface area contributed by atoms with E-state index >= 15 is 0 Å². The van der Waals surface area contributed by atoms with Crippen LogP contribution in [0.4, 0.5) is 5.69 Å². The number of anilines is 1. The summed E-state index contributed by atoms with van der Waals surface area (Å²) in [7, 11) is 3.40. The standard InChI is InChI=1S/C30H35ClN6O3/c1-19-15-22(20-7-8-24(23(31)16-20)37-14-9-33(5)29(37)40)27(38)26(32-19)21-17-25(28(39)34(6)18-21)35-10-12-36(13-11-35)30(2,3)4/h7-9,14-18,38H,10-13H2,1-6H3. The summed E-state index contributed by atoms with van der Waals surface area (Å²) in [5, 5.41) is 11.8. The molecule has 0 spiro atoms. The minimum absolute atomic E-state index is 0.00607. The molecule has 5 rings (SSSR count). The fourth-order valence-electron chi connectivity index (χ4n) is 5.27. The van der Waals surface area contributed by atoms with Crippen molar-refractivity contribution in [3.05, 3.63) is 80.5 Å². The van der Waals surface area contributed by atoms with Gasteiger partial charge >= 0.3 is 5.69 Å². The van der Waals surface area contributed by atoms with Crippen LogP contribution in [0.15, 0.2) is 58.5 Å². The first-order chi connectivity index (χ1) is 18.8. The van der Waals surface area contributed by atoms with Gasteiger partial charge in [0.2, 0.25) is 0 Å². The summed E-state index contributed by atoms with van der Waals surface area (Å²) in [4.78, 5) is 34.8. The number of hydrogen-bond acceptors (Lipinski definition) is 6. The number of aromatic nitrogens is 4. The second kappa shape index (κ2) is 10.3. The molecule has 40 heavy (non-hydrogen) atoms. The molecule has 9 nitrogen and oxygen atoms in total. The molecule has 1 N–H and O–H groups in total. The normalized spacial score (nSPS) is 14.6. The molecule has 3 aromatic heterocycles. The Balaban J connectivity index is 1.53. The Labute approximate surface area is 238 Å². The topological polar surface area (TPSA) is 88.5 Å². The van der Waals surface area contributed by atoms with Crippen molar-refractivity contribution in [2.45, 2.75) is 33.2 Å². The number of aromatic hydroxyl groups is 1. The number of imidazole rings is 1. The van der Waals surface area contributed by atoms with E-state index in [-0.39, 0.29) is 22.5 Å². The average Bonchev–Trinajstić information content (AvgIpc) is 3.24. The minimum Gasteiger partial charge on any atom is -0.505 e. The smallest absolute Gasteiger partial charge is 0.332 e. The van der Waals surface area contributed by atoms with Gasteiger partial charge in [0.05, 0.1) is 10.7 Å². The summed E-state index contributed by atoms with van der Waals surface area (Å²) in [6.45, 7) is 11.7. The molecular weight excluding hydrogens is 528 g/mol. The lowest BCUT2D eigenvalue weighted by atomic mass is 10.0. The van der Waals surface area contributed by atoms with Crippen molar-refractivity contribution in [1.82, 2.24) is 23.6 Å². The van der Waals surface area contributed by atoms with E-state index in [1.54, 1.807) is 55.5 Å². The summed E-state index contributed by atoms with van der Waals surface area (Å²) in [5.41, 5.74) is 3.92. The second-order valence-corrected chi connectivity index (χ2v) is 11.8. The molecule has 4 heterocycles. The van der Waals surface area contributed by atoms with Gasteiger partial charge in [0.25, 0.3) is 5.56 Å². The zero-order valence-electron chi connectivity index (χ0n) is 23.8. The van der Waals surface area contributed by atoms with E-state index in [2.05, 4.69) is 35.6 Å². The quantitative estimate of drug-likeness (QED) is 0.401. The van der Waals surface area contributed by atoms with Gasteiger partial charge in [-0.05, 0) is 57.5 Å². The number of piperazine rings is 1. The van der Waals surface area contributed by atoms with E-state index in [1.165, 1.54) is 9.13 Å². The summed E-state index contributed by atoms with van der Waals surface area (Å²) in [5.74, 6) is -0.00607. The maximum Gasteiger partial charge on any atom is 0.332 e. The molecule has 1 aliphatic rings. The van der Waals surface area contributed by atoms with E-state index in [0.717, 1.165) is 26.2 Å². The third-order valence-corrected chi connectivity index (χ3v) is 7.90. The van der Waals surface area contributed by atoms with Crippen LogP contribution in [0.2, 0.25) is 5.02 Å². The van der Waals surface area contributed by atoms with E-state index in [0.29, 0.717) is 44.5 Å². The molecule has 210 valence electrons. The Hall–Kier alpha value is -3.82. The number of pyridine rings is 2. The van der Waals surface area contributed by atoms with Gasteiger partial charge in [-0.3, -0.25) is 14.3 Å². The lowest BCUT2D eigenvalue weighted by molar-refractivity contribution is 0.128. The van der Waals surface area contributed by atoms with Crippen molar-refractivity contribution < 1.29 is 5.11 Å². The fourth-order valence-corrected chi connectivity index (χ4v) is 5.55. The number of aryl methyl sites for hydroxylation is 3. The molecule has 4 aromatic rings. The predicted octanol–water partition coefficient (Wildman–Crippen LogP) is 4.19. The van der Waals surface area contributed by atoms with Gasteiger partial charge in [-0.25, -0.2) is 9.78 Å². The van der Waals surface area contributed by atoms with Crippen LogP contribution in [0.5, 0.6) is 5.75 Å². The van der Waals surface area contributed by atoms with Crippen molar-refractivity contribution in [1.29, 1.82) is 0 Å². The first kappa shape index (κ1) is 27.7. The monoisotopic (exact) mass is 562 g/mol. The molecule has 0 aliphatic carbocycles. The van der Waals surface area contributed by atoms with Crippen LogP contribution in [0.3, 0.4) is 0 Å². The Morgan fingerprint density at radius 3 is 2.20 bits per heavy atom. The lowest BCUT2D eigenvalue weighted by Gasteiger charge is -2.42. The SMILES string of the molecule is Cc1cc(-c2ccc(-n3ccn(C)c3=O)c(Cl)c2)c(O)c(-c2cc(N3CCN(C(C)(C)C)CC3)c(=O)n(C)c2)n1. The van der Waals surface area contributed by atoms with Gasteiger partial charge in [-0.1, -0.05) is 17.7 Å². The molecule has 10 heteroatoms. The van der Waals surface area contributed by atoms with Crippen molar-refractivity contribution in [3.63, 3.8) is 0 Å². The van der Waals surface area contributed by atoms with Crippen LogP contribution in [0, 0.1) is 6.92 Å². The van der Waals surface area contributed by atoms with Gasteiger partial charge in [-0.15, -0.1) is 0 Å². The molecule has 0 atom stereocenters. The maximum absolute atomic E-state index is 13.2. The minimum atomic E-state index is -0.204. The highest BCUT2D eigenvalue weighted by molar-refractivity contribution is 6.32. The van der Waals surface area contributed by atoms with E-state index in [4.69, 9.17) is 11.6 Å². The third kappa shape index (κ3) is 5.07. The Morgan fingerprint density at radius 1 is 0.900 bits per heavy atom. The van der Waals surface area contributed by atoms with Gasteiger partial charge < -0.3 is 19.1 Å². The molecule has 0 bridgehead atoms. The molecule has 1 saturated heterocycles. The first-order valence-electron chi connectivity index (χ1n) is 13.3. The molecule has 1 fully saturated rings. The van der Waals surface area contributed by atoms with Crippen molar-refractivity contribution in [2.75, 3.05) is 31.1 Å². The molecule has 1 aromatic carbocycles. The largest absolute Gasteiger partial charge is 0.505 e. The van der Waals surface area contributed by atoms with Crippen LogP contribution in [-0.4, -0.2) is 60.4 Å². The Morgan fingerprint density at radius 2 is 1.60 bits per heavy atom. The number of hydrogen-bond donors (Lipinski definition) is 1. The van der Waals surface area contributed by atoms with Crippen molar-refractivity contribution in [2.24, 2.45) is 14.1 Å². The summed E-state index contributed by atoms with van der Waals surface area (Å²) in [6.07, 6.45) is 5.04. The molecule has 0 saturated carbocycles. The van der Waals surface area contributed by atoms with Crippen LogP contribution < -0.4 is 16.1 Å². The summed E-state index contributed by atoms with van der Waals surface area (Å²) >= 11 is 6.61. The molecule has 0 radical (unpaired) electrons. The van der Waals surface area contributed by atoms with Gasteiger partial charge in [0.15, 0.2) is 0 Å². The van der Waals surface area contributed by atoms with Crippen LogP contribution in [0.25, 0.3) is 28.1 Å². The second-order valence-electron chi connectivity index (χ2n) is 11.4. The average molecular weight is 563 g/mol. The number of benzene rings is 1.